The molecule has 3 nitrogen and oxygen atoms in total. The number of hydrogen-bond donors (Lipinski definition) is 1. The highest BCUT2D eigenvalue weighted by atomic mass is 16.5. The van der Waals surface area contributed by atoms with Crippen molar-refractivity contribution >= 4 is 0 Å². The van der Waals surface area contributed by atoms with Crippen LogP contribution in [0, 0.1) is 5.92 Å². The van der Waals surface area contributed by atoms with Crippen LogP contribution in [-0.4, -0.2) is 48.5 Å². The van der Waals surface area contributed by atoms with E-state index in [1.54, 1.807) is 0 Å². The summed E-state index contributed by atoms with van der Waals surface area (Å²) in [6.07, 6.45) is 1.22. The highest BCUT2D eigenvalue weighted by Crippen LogP contribution is 2.10. The topological polar surface area (TPSA) is 32.7 Å². The van der Waals surface area contributed by atoms with E-state index in [0.29, 0.717) is 12.0 Å². The summed E-state index contributed by atoms with van der Waals surface area (Å²) in [7, 11) is 0. The summed E-state index contributed by atoms with van der Waals surface area (Å²) < 4.78 is 5.58. The third-order valence-electron chi connectivity index (χ3n) is 2.89. The van der Waals surface area contributed by atoms with E-state index < -0.39 is 0 Å². The molecule has 0 aromatic rings. The number of aliphatic hydroxyl groups is 1. The van der Waals surface area contributed by atoms with Gasteiger partial charge in [-0.1, -0.05) is 20.8 Å². The summed E-state index contributed by atoms with van der Waals surface area (Å²) in [6.45, 7) is 9.79. The minimum absolute atomic E-state index is 0.203. The maximum absolute atomic E-state index is 9.76. The number of ether oxygens (including phenoxy) is 1. The Balaban J connectivity index is 2.30. The zero-order valence-corrected chi connectivity index (χ0v) is 9.57. The van der Waals surface area contributed by atoms with Gasteiger partial charge in [0.05, 0.1) is 18.8 Å². The van der Waals surface area contributed by atoms with Crippen molar-refractivity contribution < 1.29 is 9.84 Å². The molecule has 0 saturated carbocycles. The molecule has 0 bridgehead atoms. The molecule has 84 valence electrons. The Labute approximate surface area is 87.1 Å². The van der Waals surface area contributed by atoms with Crippen molar-refractivity contribution in [1.82, 2.24) is 4.90 Å². The second-order valence-corrected chi connectivity index (χ2v) is 4.47. The Hall–Kier alpha value is -0.120. The lowest BCUT2D eigenvalue weighted by atomic mass is 10.1. The Morgan fingerprint density at radius 1 is 1.50 bits per heavy atom. The van der Waals surface area contributed by atoms with Gasteiger partial charge in [0, 0.05) is 19.6 Å². The molecular weight excluding hydrogens is 178 g/mol. The minimum Gasteiger partial charge on any atom is -0.392 e. The van der Waals surface area contributed by atoms with E-state index in [4.69, 9.17) is 4.74 Å². The highest BCUT2D eigenvalue weighted by molar-refractivity contribution is 4.74. The van der Waals surface area contributed by atoms with E-state index in [-0.39, 0.29) is 6.10 Å². The smallest absolute Gasteiger partial charge is 0.0700 e. The zero-order chi connectivity index (χ0) is 10.6. The van der Waals surface area contributed by atoms with Crippen LogP contribution in [0.25, 0.3) is 0 Å². The summed E-state index contributed by atoms with van der Waals surface area (Å²) in [4.78, 5) is 2.31. The van der Waals surface area contributed by atoms with E-state index in [2.05, 4.69) is 25.7 Å². The highest BCUT2D eigenvalue weighted by Gasteiger charge is 2.21. The first-order chi connectivity index (χ1) is 6.63. The number of morpholine rings is 1. The predicted molar refractivity (Wildman–Crippen MR) is 57.3 cm³/mol. The molecule has 0 amide bonds. The van der Waals surface area contributed by atoms with Gasteiger partial charge in [0.2, 0.25) is 0 Å². The van der Waals surface area contributed by atoms with Gasteiger partial charge in [-0.25, -0.2) is 0 Å². The molecule has 3 heteroatoms. The van der Waals surface area contributed by atoms with Crippen molar-refractivity contribution in [3.63, 3.8) is 0 Å². The molecule has 0 radical (unpaired) electrons. The average molecular weight is 201 g/mol. The van der Waals surface area contributed by atoms with Crippen LogP contribution in [0.5, 0.6) is 0 Å². The zero-order valence-electron chi connectivity index (χ0n) is 9.57. The van der Waals surface area contributed by atoms with Crippen molar-refractivity contribution in [2.24, 2.45) is 5.92 Å². The average Bonchev–Trinajstić information content (AvgIpc) is 2.18. The van der Waals surface area contributed by atoms with Crippen LogP contribution < -0.4 is 0 Å². The second-order valence-electron chi connectivity index (χ2n) is 4.47. The van der Waals surface area contributed by atoms with Crippen LogP contribution in [0.2, 0.25) is 0 Å². The summed E-state index contributed by atoms with van der Waals surface area (Å²) >= 11 is 0. The Kier molecular flexibility index (Phi) is 4.85. The first kappa shape index (κ1) is 12.0. The molecule has 0 aromatic heterocycles. The van der Waals surface area contributed by atoms with Gasteiger partial charge < -0.3 is 9.84 Å². The van der Waals surface area contributed by atoms with Gasteiger partial charge in [0.15, 0.2) is 0 Å². The molecule has 0 spiro atoms. The van der Waals surface area contributed by atoms with Crippen LogP contribution in [0.1, 0.15) is 27.2 Å². The summed E-state index contributed by atoms with van der Waals surface area (Å²) in [5, 5.41) is 9.76. The second kappa shape index (κ2) is 5.69. The van der Waals surface area contributed by atoms with Gasteiger partial charge in [0.25, 0.3) is 0 Å². The number of aliphatic hydroxyl groups excluding tert-OH is 1. The number of hydrogen-bond acceptors (Lipinski definition) is 3. The normalized spacial score (nSPS) is 26.8. The quantitative estimate of drug-likeness (QED) is 0.739. The number of rotatable bonds is 4. The molecule has 1 saturated heterocycles. The van der Waals surface area contributed by atoms with E-state index in [0.717, 1.165) is 32.7 Å². The first-order valence-electron chi connectivity index (χ1n) is 5.65. The van der Waals surface area contributed by atoms with Gasteiger partial charge in [-0.2, -0.15) is 0 Å². The van der Waals surface area contributed by atoms with Gasteiger partial charge in [-0.3, -0.25) is 4.90 Å². The van der Waals surface area contributed by atoms with Crippen LogP contribution in [0.4, 0.5) is 0 Å². The van der Waals surface area contributed by atoms with Crippen LogP contribution in [0.15, 0.2) is 0 Å². The maximum atomic E-state index is 9.76. The lowest BCUT2D eigenvalue weighted by Gasteiger charge is -2.34. The van der Waals surface area contributed by atoms with Crippen molar-refractivity contribution in [2.45, 2.75) is 39.4 Å². The molecule has 1 aliphatic heterocycles. The van der Waals surface area contributed by atoms with Crippen LogP contribution in [-0.2, 0) is 4.74 Å². The van der Waals surface area contributed by atoms with Gasteiger partial charge in [-0.15, -0.1) is 0 Å². The van der Waals surface area contributed by atoms with E-state index in [9.17, 15) is 5.11 Å². The van der Waals surface area contributed by atoms with Crippen molar-refractivity contribution in [3.8, 4) is 0 Å². The molecule has 1 heterocycles. The Morgan fingerprint density at radius 2 is 2.21 bits per heavy atom. The molecular formula is C11H23NO2. The Morgan fingerprint density at radius 3 is 2.79 bits per heavy atom. The third kappa shape index (κ3) is 3.56. The molecule has 1 N–H and O–H groups in total. The van der Waals surface area contributed by atoms with Crippen molar-refractivity contribution in [1.29, 1.82) is 0 Å². The first-order valence-corrected chi connectivity index (χ1v) is 5.65. The molecule has 14 heavy (non-hydrogen) atoms. The maximum Gasteiger partial charge on any atom is 0.0700 e. The van der Waals surface area contributed by atoms with E-state index >= 15 is 0 Å². The fourth-order valence-electron chi connectivity index (χ4n) is 1.67. The summed E-state index contributed by atoms with van der Waals surface area (Å²) in [5.74, 6) is 0.345. The van der Waals surface area contributed by atoms with Gasteiger partial charge >= 0.3 is 0 Å². The van der Waals surface area contributed by atoms with Gasteiger partial charge in [0.1, 0.15) is 0 Å². The SMILES string of the molecule is CCC1CN(CC(O)C(C)C)CCO1. The van der Waals surface area contributed by atoms with Crippen LogP contribution >= 0.6 is 0 Å². The standard InChI is InChI=1S/C11H23NO2/c1-4-10-7-12(5-6-14-10)8-11(13)9(2)3/h9-11,13H,4-8H2,1-3H3. The monoisotopic (exact) mass is 201 g/mol. The predicted octanol–water partition coefficient (Wildman–Crippen LogP) is 1.11. The number of nitrogens with zero attached hydrogens (tertiary/aromatic N) is 1. The minimum atomic E-state index is -0.203. The number of β-amino-alcohol motifs (C(OH)–C–C–N with tert-alkyl or cyclic N) is 1. The lowest BCUT2D eigenvalue weighted by Crippen LogP contribution is -2.46. The van der Waals surface area contributed by atoms with Crippen molar-refractivity contribution in [3.05, 3.63) is 0 Å². The van der Waals surface area contributed by atoms with Crippen molar-refractivity contribution in [2.75, 3.05) is 26.2 Å². The molecule has 1 aliphatic rings. The molecule has 2 unspecified atom stereocenters. The van der Waals surface area contributed by atoms with E-state index in [1.165, 1.54) is 0 Å². The molecule has 1 fully saturated rings. The molecule has 0 aromatic carbocycles. The third-order valence-corrected chi connectivity index (χ3v) is 2.89. The summed E-state index contributed by atoms with van der Waals surface area (Å²) in [5.41, 5.74) is 0. The fraction of sp³-hybridized carbons (Fsp3) is 1.00. The van der Waals surface area contributed by atoms with E-state index in [1.807, 2.05) is 0 Å². The Bertz CT molecular complexity index is 161. The van der Waals surface area contributed by atoms with Crippen LogP contribution in [0.3, 0.4) is 0 Å². The fourth-order valence-corrected chi connectivity index (χ4v) is 1.67. The van der Waals surface area contributed by atoms with Gasteiger partial charge in [-0.05, 0) is 12.3 Å². The molecule has 0 aliphatic carbocycles. The largest absolute Gasteiger partial charge is 0.392 e. The lowest BCUT2D eigenvalue weighted by molar-refractivity contribution is -0.0458. The molecule has 1 rings (SSSR count). The summed E-state index contributed by atoms with van der Waals surface area (Å²) in [6, 6.07) is 0. The molecule has 2 atom stereocenters.